The van der Waals surface area contributed by atoms with Gasteiger partial charge in [0.15, 0.2) is 0 Å². The Morgan fingerprint density at radius 3 is 2.46 bits per heavy atom. The molecule has 0 bridgehead atoms. The molecule has 0 aliphatic heterocycles. The molecule has 0 fully saturated rings. The van der Waals surface area contributed by atoms with Crippen molar-refractivity contribution in [1.82, 2.24) is 9.88 Å². The number of hydrogen-bond acceptors (Lipinski definition) is 7. The summed E-state index contributed by atoms with van der Waals surface area (Å²) in [7, 11) is 5.57. The minimum atomic E-state index is -0.515. The fraction of sp³-hybridized carbons (Fsp3) is 0.600. The Kier molecular flexibility index (Phi) is 6.90. The first-order valence-electron chi connectivity index (χ1n) is 7.61. The number of nitro groups is 1. The van der Waals surface area contributed by atoms with Crippen molar-refractivity contribution in [2.24, 2.45) is 0 Å². The van der Waals surface area contributed by atoms with Crippen molar-refractivity contribution >= 4 is 23.1 Å². The Morgan fingerprint density at radius 1 is 1.38 bits per heavy atom. The Morgan fingerprint density at radius 2 is 2.00 bits per heavy atom. The molecule has 0 saturated heterocycles. The molecule has 0 radical (unpaired) electrons. The van der Waals surface area contributed by atoms with Gasteiger partial charge in [-0.1, -0.05) is 0 Å². The lowest BCUT2D eigenvalue weighted by Crippen LogP contribution is -2.29. The van der Waals surface area contributed by atoms with Gasteiger partial charge in [-0.2, -0.15) is 4.98 Å². The predicted octanol–water partition coefficient (Wildman–Crippen LogP) is 1.73. The third-order valence-electron chi connectivity index (χ3n) is 3.05. The number of carbonyl (C=O) groups is 1. The van der Waals surface area contributed by atoms with E-state index < -0.39 is 4.92 Å². The molecule has 1 aromatic heterocycles. The van der Waals surface area contributed by atoms with Crippen LogP contribution in [0.2, 0.25) is 0 Å². The van der Waals surface area contributed by atoms with E-state index in [9.17, 15) is 14.9 Å². The predicted molar refractivity (Wildman–Crippen MR) is 92.8 cm³/mol. The van der Waals surface area contributed by atoms with Gasteiger partial charge in [0.2, 0.25) is 17.6 Å². The number of anilines is 2. The minimum Gasteiger partial charge on any atom is -0.473 e. The van der Waals surface area contributed by atoms with Crippen LogP contribution >= 0.6 is 0 Å². The molecular formula is C15H25N5O4. The summed E-state index contributed by atoms with van der Waals surface area (Å²) in [6, 6.07) is 1.29. The Balaban J connectivity index is 3.33. The number of aromatic nitrogens is 1. The maximum atomic E-state index is 11.4. The molecule has 0 aliphatic carbocycles. The van der Waals surface area contributed by atoms with Crippen LogP contribution < -0.4 is 15.0 Å². The van der Waals surface area contributed by atoms with Gasteiger partial charge in [-0.3, -0.25) is 14.9 Å². The summed E-state index contributed by atoms with van der Waals surface area (Å²) in [6.45, 7) is 6.22. The molecule has 9 nitrogen and oxygen atoms in total. The number of rotatable bonds is 8. The van der Waals surface area contributed by atoms with Crippen LogP contribution in [-0.2, 0) is 4.79 Å². The van der Waals surface area contributed by atoms with Crippen molar-refractivity contribution < 1.29 is 14.5 Å². The van der Waals surface area contributed by atoms with Gasteiger partial charge in [0.1, 0.15) is 5.69 Å². The van der Waals surface area contributed by atoms with Crippen molar-refractivity contribution in [2.45, 2.75) is 26.9 Å². The zero-order valence-electron chi connectivity index (χ0n) is 15.0. The molecule has 0 atom stereocenters. The van der Waals surface area contributed by atoms with E-state index in [1.807, 2.05) is 32.8 Å². The van der Waals surface area contributed by atoms with Gasteiger partial charge in [-0.05, 0) is 27.9 Å². The second kappa shape index (κ2) is 8.44. The number of pyridine rings is 1. The van der Waals surface area contributed by atoms with Crippen LogP contribution in [0.3, 0.4) is 0 Å². The Bertz CT molecular complexity index is 604. The van der Waals surface area contributed by atoms with Gasteiger partial charge in [-0.15, -0.1) is 0 Å². The highest BCUT2D eigenvalue weighted by atomic mass is 16.6. The van der Waals surface area contributed by atoms with Gasteiger partial charge in [0, 0.05) is 33.1 Å². The minimum absolute atomic E-state index is 0.164. The number of likely N-dealkylation sites (N-methyl/N-ethyl adjacent to an activating group) is 2. The highest BCUT2D eigenvalue weighted by Crippen LogP contribution is 2.35. The second-order valence-corrected chi connectivity index (χ2v) is 6.01. The summed E-state index contributed by atoms with van der Waals surface area (Å²) in [5, 5.41) is 13.9. The van der Waals surface area contributed by atoms with Crippen molar-refractivity contribution in [3.8, 4) is 5.88 Å². The van der Waals surface area contributed by atoms with Crippen molar-refractivity contribution in [2.75, 3.05) is 44.4 Å². The molecular weight excluding hydrogens is 314 g/mol. The molecule has 1 heterocycles. The maximum Gasteiger partial charge on any atom is 0.313 e. The van der Waals surface area contributed by atoms with Crippen LogP contribution in [0, 0.1) is 10.1 Å². The molecule has 0 spiro atoms. The fourth-order valence-corrected chi connectivity index (χ4v) is 1.94. The van der Waals surface area contributed by atoms with E-state index in [0.717, 1.165) is 0 Å². The van der Waals surface area contributed by atoms with Crippen molar-refractivity contribution in [1.29, 1.82) is 0 Å². The molecule has 9 heteroatoms. The van der Waals surface area contributed by atoms with E-state index in [-0.39, 0.29) is 35.1 Å². The van der Waals surface area contributed by atoms with Crippen LogP contribution in [0.5, 0.6) is 5.88 Å². The van der Waals surface area contributed by atoms with Crippen LogP contribution in [0.25, 0.3) is 0 Å². The smallest absolute Gasteiger partial charge is 0.313 e. The molecule has 1 amide bonds. The quantitative estimate of drug-likeness (QED) is 0.568. The lowest BCUT2D eigenvalue weighted by Gasteiger charge is -2.22. The Hall–Kier alpha value is -2.42. The highest BCUT2D eigenvalue weighted by Gasteiger charge is 2.24. The van der Waals surface area contributed by atoms with Crippen LogP contribution in [-0.4, -0.2) is 61.1 Å². The van der Waals surface area contributed by atoms with E-state index in [2.05, 4.69) is 10.3 Å². The van der Waals surface area contributed by atoms with Crippen LogP contribution in [0.15, 0.2) is 6.07 Å². The first kappa shape index (κ1) is 19.6. The van der Waals surface area contributed by atoms with Crippen LogP contribution in [0.1, 0.15) is 20.8 Å². The van der Waals surface area contributed by atoms with E-state index in [0.29, 0.717) is 13.1 Å². The first-order valence-corrected chi connectivity index (χ1v) is 7.61. The van der Waals surface area contributed by atoms with Gasteiger partial charge in [0.25, 0.3) is 0 Å². The number of nitrogens with one attached hydrogen (secondary N) is 1. The average Bonchev–Trinajstić information content (AvgIpc) is 2.44. The molecule has 0 aromatic carbocycles. The summed E-state index contributed by atoms with van der Waals surface area (Å²) < 4.78 is 5.61. The average molecular weight is 339 g/mol. The van der Waals surface area contributed by atoms with E-state index in [4.69, 9.17) is 4.74 Å². The zero-order valence-corrected chi connectivity index (χ0v) is 15.0. The summed E-state index contributed by atoms with van der Waals surface area (Å²) >= 11 is 0. The molecule has 0 saturated carbocycles. The summed E-state index contributed by atoms with van der Waals surface area (Å²) in [6.07, 6.45) is -0.189. The van der Waals surface area contributed by atoms with Gasteiger partial charge >= 0.3 is 5.69 Å². The standard InChI is InChI=1S/C15H25N5O4/c1-10(2)24-15-12(16-11(3)21)9-13(20(22)23)14(17-15)19(6)8-7-18(4)5/h9-10H,7-8H2,1-6H3,(H,16,21). The zero-order chi connectivity index (χ0) is 18.4. The molecule has 0 aliphatic rings. The lowest BCUT2D eigenvalue weighted by molar-refractivity contribution is -0.384. The van der Waals surface area contributed by atoms with Crippen molar-refractivity contribution in [3.05, 3.63) is 16.2 Å². The Labute approximate surface area is 141 Å². The molecule has 1 aromatic rings. The molecule has 134 valence electrons. The number of hydrogen-bond donors (Lipinski definition) is 1. The normalized spacial score (nSPS) is 10.8. The number of carbonyl (C=O) groups excluding carboxylic acids is 1. The van der Waals surface area contributed by atoms with Gasteiger partial charge in [0.05, 0.1) is 11.0 Å². The first-order chi connectivity index (χ1) is 11.1. The molecule has 1 N–H and O–H groups in total. The monoisotopic (exact) mass is 339 g/mol. The topological polar surface area (TPSA) is 101 Å². The lowest BCUT2D eigenvalue weighted by atomic mass is 10.3. The highest BCUT2D eigenvalue weighted by molar-refractivity contribution is 5.91. The summed E-state index contributed by atoms with van der Waals surface area (Å²) in [5.41, 5.74) is 0.00349. The van der Waals surface area contributed by atoms with Crippen molar-refractivity contribution in [3.63, 3.8) is 0 Å². The molecule has 1 rings (SSSR count). The summed E-state index contributed by atoms with van der Waals surface area (Å²) in [5.74, 6) is 0.0116. The second-order valence-electron chi connectivity index (χ2n) is 6.01. The van der Waals surface area contributed by atoms with E-state index in [1.165, 1.54) is 13.0 Å². The summed E-state index contributed by atoms with van der Waals surface area (Å²) in [4.78, 5) is 30.2. The number of amides is 1. The van der Waals surface area contributed by atoms with Crippen LogP contribution in [0.4, 0.5) is 17.2 Å². The number of nitrogens with zero attached hydrogens (tertiary/aromatic N) is 4. The fourth-order valence-electron chi connectivity index (χ4n) is 1.94. The van der Waals surface area contributed by atoms with Gasteiger partial charge in [-0.25, -0.2) is 0 Å². The maximum absolute atomic E-state index is 11.4. The molecule has 0 unspecified atom stereocenters. The largest absolute Gasteiger partial charge is 0.473 e. The van der Waals surface area contributed by atoms with Gasteiger partial charge < -0.3 is 19.9 Å². The molecule has 24 heavy (non-hydrogen) atoms. The SMILES string of the molecule is CC(=O)Nc1cc([N+](=O)[O-])c(N(C)CCN(C)C)nc1OC(C)C. The van der Waals surface area contributed by atoms with E-state index >= 15 is 0 Å². The third kappa shape index (κ3) is 5.65. The third-order valence-corrected chi connectivity index (χ3v) is 3.05. The van der Waals surface area contributed by atoms with E-state index in [1.54, 1.807) is 11.9 Å². The number of ether oxygens (including phenoxy) is 1.